The molecule has 90 valence electrons. The summed E-state index contributed by atoms with van der Waals surface area (Å²) in [7, 11) is 0. The molecule has 0 aromatic carbocycles. The molecule has 0 atom stereocenters. The molecule has 0 saturated carbocycles. The first-order valence-electron chi connectivity index (χ1n) is 5.60. The smallest absolute Gasteiger partial charge is 0.138 e. The van der Waals surface area contributed by atoms with Crippen molar-refractivity contribution < 1.29 is 0 Å². The van der Waals surface area contributed by atoms with Crippen molar-refractivity contribution in [1.29, 1.82) is 0 Å². The second-order valence-electron chi connectivity index (χ2n) is 3.94. The Morgan fingerprint density at radius 2 is 1.88 bits per heavy atom. The van der Waals surface area contributed by atoms with Crippen molar-refractivity contribution in [3.05, 3.63) is 30.6 Å². The number of fused-ring (bicyclic) bond motifs is 1. The fourth-order valence-electron chi connectivity index (χ4n) is 2.12. The average molecular weight is 251 g/mol. The molecule has 17 heavy (non-hydrogen) atoms. The van der Waals surface area contributed by atoms with E-state index in [1.807, 2.05) is 24.5 Å². The number of pyridine rings is 2. The maximum atomic E-state index is 4.49. The van der Waals surface area contributed by atoms with Gasteiger partial charge in [-0.25, -0.2) is 4.98 Å². The first-order chi connectivity index (χ1) is 7.95. The minimum atomic E-state index is 0. The first-order valence-corrected chi connectivity index (χ1v) is 5.60. The highest BCUT2D eigenvalue weighted by Gasteiger charge is 2.14. The zero-order valence-corrected chi connectivity index (χ0v) is 10.3. The molecule has 1 fully saturated rings. The van der Waals surface area contributed by atoms with Gasteiger partial charge in [-0.3, -0.25) is 4.98 Å². The van der Waals surface area contributed by atoms with Gasteiger partial charge in [0.2, 0.25) is 0 Å². The predicted octanol–water partition coefficient (Wildman–Crippen LogP) is 1.46. The number of hydrogen-bond donors (Lipinski definition) is 1. The van der Waals surface area contributed by atoms with Crippen LogP contribution < -0.4 is 10.2 Å². The Morgan fingerprint density at radius 1 is 1.06 bits per heavy atom. The lowest BCUT2D eigenvalue weighted by molar-refractivity contribution is 0.586. The Hall–Kier alpha value is -1.39. The third kappa shape index (κ3) is 2.33. The van der Waals surface area contributed by atoms with Gasteiger partial charge >= 0.3 is 0 Å². The second-order valence-corrected chi connectivity index (χ2v) is 3.94. The number of hydrogen-bond acceptors (Lipinski definition) is 4. The number of anilines is 1. The van der Waals surface area contributed by atoms with Gasteiger partial charge in [0.05, 0.1) is 5.52 Å². The Kier molecular flexibility index (Phi) is 3.76. The summed E-state index contributed by atoms with van der Waals surface area (Å²) in [5, 5.41) is 4.49. The number of piperazine rings is 1. The Labute approximate surface area is 106 Å². The van der Waals surface area contributed by atoms with Crippen LogP contribution in [-0.2, 0) is 0 Å². The minimum absolute atomic E-state index is 0. The van der Waals surface area contributed by atoms with E-state index in [9.17, 15) is 0 Å². The highest BCUT2D eigenvalue weighted by atomic mass is 35.5. The first kappa shape index (κ1) is 12.1. The normalized spacial score (nSPS) is 15.6. The van der Waals surface area contributed by atoms with Crippen LogP contribution in [-0.4, -0.2) is 36.1 Å². The van der Waals surface area contributed by atoms with E-state index in [1.54, 1.807) is 0 Å². The molecule has 2 aromatic heterocycles. The molecule has 3 heterocycles. The molecule has 0 unspecified atom stereocenters. The molecular weight excluding hydrogens is 236 g/mol. The summed E-state index contributed by atoms with van der Waals surface area (Å²) in [5.74, 6) is 1.06. The number of nitrogens with zero attached hydrogens (tertiary/aromatic N) is 3. The summed E-state index contributed by atoms with van der Waals surface area (Å²) < 4.78 is 0. The minimum Gasteiger partial charge on any atom is -0.354 e. The van der Waals surface area contributed by atoms with Crippen LogP contribution in [0.1, 0.15) is 0 Å². The number of halogens is 1. The van der Waals surface area contributed by atoms with E-state index in [4.69, 9.17) is 0 Å². The highest BCUT2D eigenvalue weighted by molar-refractivity contribution is 5.89. The lowest BCUT2D eigenvalue weighted by Gasteiger charge is -2.29. The summed E-state index contributed by atoms with van der Waals surface area (Å²) in [6.45, 7) is 4.08. The van der Waals surface area contributed by atoms with E-state index < -0.39 is 0 Å². The van der Waals surface area contributed by atoms with E-state index in [-0.39, 0.29) is 12.4 Å². The van der Waals surface area contributed by atoms with Crippen LogP contribution >= 0.6 is 12.4 Å². The van der Waals surface area contributed by atoms with Crippen molar-refractivity contribution in [2.24, 2.45) is 0 Å². The van der Waals surface area contributed by atoms with Gasteiger partial charge in [-0.05, 0) is 18.2 Å². The van der Waals surface area contributed by atoms with Gasteiger partial charge in [0.1, 0.15) is 5.82 Å². The molecule has 1 aliphatic rings. The quantitative estimate of drug-likeness (QED) is 0.832. The van der Waals surface area contributed by atoms with Gasteiger partial charge in [0.15, 0.2) is 0 Å². The van der Waals surface area contributed by atoms with Gasteiger partial charge in [-0.2, -0.15) is 0 Å². The predicted molar refractivity (Wildman–Crippen MR) is 71.9 cm³/mol. The van der Waals surface area contributed by atoms with Crippen molar-refractivity contribution >= 4 is 29.1 Å². The monoisotopic (exact) mass is 250 g/mol. The van der Waals surface area contributed by atoms with E-state index in [0.717, 1.165) is 42.9 Å². The van der Waals surface area contributed by atoms with Gasteiger partial charge in [-0.15, -0.1) is 12.4 Å². The molecule has 0 amide bonds. The standard InChI is InChI=1S/C12H14N4.ClH/c1-2-10-11(14-4-1)3-5-15-12(10)16-8-6-13-7-9-16;/h1-5,13H,6-9H2;1H. The maximum absolute atomic E-state index is 4.49. The zero-order chi connectivity index (χ0) is 10.8. The molecule has 1 N–H and O–H groups in total. The Balaban J connectivity index is 0.00000108. The fraction of sp³-hybridized carbons (Fsp3) is 0.333. The van der Waals surface area contributed by atoms with Gasteiger partial charge < -0.3 is 10.2 Å². The molecule has 3 rings (SSSR count). The largest absolute Gasteiger partial charge is 0.354 e. The van der Waals surface area contributed by atoms with E-state index in [0.29, 0.717) is 0 Å². The molecule has 0 spiro atoms. The van der Waals surface area contributed by atoms with Crippen LogP contribution in [0.5, 0.6) is 0 Å². The summed E-state index contributed by atoms with van der Waals surface area (Å²) in [6, 6.07) is 6.02. The number of nitrogens with one attached hydrogen (secondary N) is 1. The topological polar surface area (TPSA) is 41.1 Å². The number of rotatable bonds is 1. The van der Waals surface area contributed by atoms with Crippen molar-refractivity contribution in [1.82, 2.24) is 15.3 Å². The summed E-state index contributed by atoms with van der Waals surface area (Å²) in [6.07, 6.45) is 3.66. The summed E-state index contributed by atoms with van der Waals surface area (Å²) in [5.41, 5.74) is 1.02. The van der Waals surface area contributed by atoms with Crippen LogP contribution in [0.4, 0.5) is 5.82 Å². The average Bonchev–Trinajstić information content (AvgIpc) is 2.39. The molecular formula is C12H15ClN4. The van der Waals surface area contributed by atoms with Crippen LogP contribution in [0.3, 0.4) is 0 Å². The van der Waals surface area contributed by atoms with E-state index in [2.05, 4.69) is 26.3 Å². The second kappa shape index (κ2) is 5.29. The molecule has 1 saturated heterocycles. The fourth-order valence-corrected chi connectivity index (χ4v) is 2.12. The maximum Gasteiger partial charge on any atom is 0.138 e. The molecule has 0 bridgehead atoms. The molecule has 2 aromatic rings. The lowest BCUT2D eigenvalue weighted by atomic mass is 10.2. The summed E-state index contributed by atoms with van der Waals surface area (Å²) in [4.78, 5) is 11.2. The van der Waals surface area contributed by atoms with Crippen LogP contribution in [0.15, 0.2) is 30.6 Å². The highest BCUT2D eigenvalue weighted by Crippen LogP contribution is 2.22. The van der Waals surface area contributed by atoms with Crippen LogP contribution in [0.25, 0.3) is 10.9 Å². The Morgan fingerprint density at radius 3 is 2.71 bits per heavy atom. The molecule has 0 radical (unpaired) electrons. The van der Waals surface area contributed by atoms with E-state index >= 15 is 0 Å². The van der Waals surface area contributed by atoms with Crippen molar-refractivity contribution in [3.63, 3.8) is 0 Å². The van der Waals surface area contributed by atoms with Crippen LogP contribution in [0, 0.1) is 0 Å². The third-order valence-electron chi connectivity index (χ3n) is 2.93. The van der Waals surface area contributed by atoms with Gasteiger partial charge in [0, 0.05) is 44.0 Å². The van der Waals surface area contributed by atoms with Crippen molar-refractivity contribution in [2.75, 3.05) is 31.1 Å². The molecule has 0 aliphatic carbocycles. The number of aromatic nitrogens is 2. The lowest BCUT2D eigenvalue weighted by Crippen LogP contribution is -2.43. The third-order valence-corrected chi connectivity index (χ3v) is 2.93. The zero-order valence-electron chi connectivity index (χ0n) is 9.47. The van der Waals surface area contributed by atoms with Gasteiger partial charge in [-0.1, -0.05) is 0 Å². The Bertz CT molecular complexity index is 491. The van der Waals surface area contributed by atoms with Crippen LogP contribution in [0.2, 0.25) is 0 Å². The molecule has 5 heteroatoms. The molecule has 4 nitrogen and oxygen atoms in total. The summed E-state index contributed by atoms with van der Waals surface area (Å²) >= 11 is 0. The van der Waals surface area contributed by atoms with Crippen molar-refractivity contribution in [2.45, 2.75) is 0 Å². The van der Waals surface area contributed by atoms with Gasteiger partial charge in [0.25, 0.3) is 0 Å². The van der Waals surface area contributed by atoms with E-state index in [1.165, 1.54) is 0 Å². The molecule has 1 aliphatic heterocycles. The van der Waals surface area contributed by atoms with Crippen molar-refractivity contribution in [3.8, 4) is 0 Å². The SMILES string of the molecule is Cl.c1cnc2ccnc(N3CCNCC3)c2c1.